The van der Waals surface area contributed by atoms with Crippen molar-refractivity contribution in [1.82, 2.24) is 5.25 Å². The SMILES string of the molecule is CCCCc1ccc(Oc2c(C)cc(P(=O)(O)NO)cc2C)c(F)c1. The van der Waals surface area contributed by atoms with Gasteiger partial charge in [-0.25, -0.2) is 4.39 Å². The lowest BCUT2D eigenvalue weighted by Crippen LogP contribution is -2.16. The molecule has 0 bridgehead atoms. The number of hydrogen-bond acceptors (Lipinski definition) is 3. The number of hydrogen-bond donors (Lipinski definition) is 3. The van der Waals surface area contributed by atoms with E-state index in [0.717, 1.165) is 24.8 Å². The van der Waals surface area contributed by atoms with Gasteiger partial charge in [0.1, 0.15) is 5.75 Å². The number of rotatable bonds is 7. The van der Waals surface area contributed by atoms with Crippen LogP contribution in [0.1, 0.15) is 36.5 Å². The largest absolute Gasteiger partial charge is 0.454 e. The van der Waals surface area contributed by atoms with Gasteiger partial charge in [-0.05, 0) is 67.6 Å². The Morgan fingerprint density at radius 3 is 2.36 bits per heavy atom. The van der Waals surface area contributed by atoms with Crippen molar-refractivity contribution in [2.45, 2.75) is 40.0 Å². The zero-order chi connectivity index (χ0) is 18.6. The predicted molar refractivity (Wildman–Crippen MR) is 95.4 cm³/mol. The van der Waals surface area contributed by atoms with Crippen molar-refractivity contribution < 1.29 is 23.8 Å². The van der Waals surface area contributed by atoms with E-state index in [1.54, 1.807) is 19.9 Å². The van der Waals surface area contributed by atoms with Crippen molar-refractivity contribution in [3.8, 4) is 11.5 Å². The molecule has 3 N–H and O–H groups in total. The molecule has 25 heavy (non-hydrogen) atoms. The number of benzene rings is 2. The summed E-state index contributed by atoms with van der Waals surface area (Å²) in [6.45, 7) is 5.47. The second-order valence-electron chi connectivity index (χ2n) is 6.06. The average Bonchev–Trinajstić information content (AvgIpc) is 2.57. The monoisotopic (exact) mass is 367 g/mol. The highest BCUT2D eigenvalue weighted by Gasteiger charge is 2.22. The van der Waals surface area contributed by atoms with Gasteiger partial charge in [-0.2, -0.15) is 0 Å². The molecule has 2 aromatic carbocycles. The van der Waals surface area contributed by atoms with Gasteiger partial charge in [0.2, 0.25) is 0 Å². The molecule has 0 aromatic heterocycles. The molecule has 5 nitrogen and oxygen atoms in total. The first-order valence-corrected chi connectivity index (χ1v) is 9.76. The van der Waals surface area contributed by atoms with Gasteiger partial charge in [-0.1, -0.05) is 19.4 Å². The van der Waals surface area contributed by atoms with Gasteiger partial charge >= 0.3 is 7.52 Å². The van der Waals surface area contributed by atoms with Crippen LogP contribution in [-0.4, -0.2) is 10.1 Å². The van der Waals surface area contributed by atoms with E-state index in [2.05, 4.69) is 6.92 Å². The third-order valence-corrected chi connectivity index (χ3v) is 5.19. The number of ether oxygens (including phenoxy) is 1. The lowest BCUT2D eigenvalue weighted by Gasteiger charge is -2.16. The maximum atomic E-state index is 14.3. The minimum atomic E-state index is -4.03. The summed E-state index contributed by atoms with van der Waals surface area (Å²) in [6.07, 6.45) is 2.86. The summed E-state index contributed by atoms with van der Waals surface area (Å²) in [5.74, 6) is 0.0786. The Morgan fingerprint density at radius 1 is 1.20 bits per heavy atom. The van der Waals surface area contributed by atoms with Crippen LogP contribution in [0.5, 0.6) is 11.5 Å². The Hall–Kier alpha value is -1.72. The Bertz CT molecular complexity index is 787. The summed E-state index contributed by atoms with van der Waals surface area (Å²) in [5, 5.41) is 10.3. The topological polar surface area (TPSA) is 78.8 Å². The molecule has 0 spiro atoms. The molecule has 1 atom stereocenters. The van der Waals surface area contributed by atoms with E-state index in [1.165, 1.54) is 23.4 Å². The van der Waals surface area contributed by atoms with E-state index >= 15 is 0 Å². The molecule has 136 valence electrons. The Labute approximate surface area is 146 Å². The maximum absolute atomic E-state index is 14.3. The van der Waals surface area contributed by atoms with Crippen molar-refractivity contribution in [1.29, 1.82) is 0 Å². The first-order valence-electron chi connectivity index (χ1n) is 8.10. The van der Waals surface area contributed by atoms with E-state index in [9.17, 15) is 13.8 Å². The second kappa shape index (κ2) is 8.11. The highest BCUT2D eigenvalue weighted by molar-refractivity contribution is 7.63. The molecular formula is C18H23FNO4P. The van der Waals surface area contributed by atoms with Crippen LogP contribution in [0.4, 0.5) is 4.39 Å². The highest BCUT2D eigenvalue weighted by atomic mass is 31.2. The highest BCUT2D eigenvalue weighted by Crippen LogP contribution is 2.37. The third kappa shape index (κ3) is 4.67. The molecule has 0 aliphatic rings. The van der Waals surface area contributed by atoms with Gasteiger partial charge in [0, 0.05) is 0 Å². The lowest BCUT2D eigenvalue weighted by molar-refractivity contribution is 0.226. The van der Waals surface area contributed by atoms with Crippen LogP contribution in [0.25, 0.3) is 0 Å². The Morgan fingerprint density at radius 2 is 1.84 bits per heavy atom. The smallest absolute Gasteiger partial charge is 0.319 e. The van der Waals surface area contributed by atoms with Gasteiger partial charge in [0.05, 0.1) is 5.30 Å². The minimum Gasteiger partial charge on any atom is -0.454 e. The minimum absolute atomic E-state index is 0.0488. The van der Waals surface area contributed by atoms with Gasteiger partial charge in [0.15, 0.2) is 11.6 Å². The Balaban J connectivity index is 2.30. The first-order chi connectivity index (χ1) is 11.8. The van der Waals surface area contributed by atoms with Crippen LogP contribution in [0.3, 0.4) is 0 Å². The van der Waals surface area contributed by atoms with E-state index < -0.39 is 13.3 Å². The van der Waals surface area contributed by atoms with Crippen LogP contribution in [0.2, 0.25) is 0 Å². The van der Waals surface area contributed by atoms with Crippen molar-refractivity contribution in [2.75, 3.05) is 0 Å². The summed E-state index contributed by atoms with van der Waals surface area (Å²) in [5.41, 5.74) is 2.05. The van der Waals surface area contributed by atoms with Crippen LogP contribution in [-0.2, 0) is 11.0 Å². The fourth-order valence-corrected chi connectivity index (χ4v) is 3.45. The second-order valence-corrected chi connectivity index (χ2v) is 7.92. The zero-order valence-corrected chi connectivity index (χ0v) is 15.4. The van der Waals surface area contributed by atoms with Crippen LogP contribution in [0.15, 0.2) is 30.3 Å². The molecule has 0 amide bonds. The third-order valence-electron chi connectivity index (χ3n) is 3.96. The van der Waals surface area contributed by atoms with Crippen LogP contribution in [0, 0.1) is 19.7 Å². The fourth-order valence-electron chi connectivity index (χ4n) is 2.59. The van der Waals surface area contributed by atoms with Gasteiger partial charge in [-0.3, -0.25) is 4.57 Å². The summed E-state index contributed by atoms with van der Waals surface area (Å²) < 4.78 is 31.8. The van der Waals surface area contributed by atoms with Gasteiger partial charge < -0.3 is 14.8 Å². The molecule has 0 saturated carbocycles. The molecule has 7 heteroatoms. The molecule has 0 aliphatic carbocycles. The predicted octanol–water partition coefficient (Wildman–Crippen LogP) is 4.37. The van der Waals surface area contributed by atoms with Gasteiger partial charge in [0.25, 0.3) is 0 Å². The maximum Gasteiger partial charge on any atom is 0.319 e. The average molecular weight is 367 g/mol. The molecular weight excluding hydrogens is 344 g/mol. The number of unbranched alkanes of at least 4 members (excludes halogenated alkanes) is 1. The van der Waals surface area contributed by atoms with E-state index in [-0.39, 0.29) is 11.1 Å². The van der Waals surface area contributed by atoms with E-state index in [4.69, 9.17) is 9.94 Å². The fraction of sp³-hybridized carbons (Fsp3) is 0.333. The van der Waals surface area contributed by atoms with Crippen molar-refractivity contribution >= 4 is 12.8 Å². The van der Waals surface area contributed by atoms with Crippen molar-refractivity contribution in [2.24, 2.45) is 0 Å². The molecule has 0 saturated heterocycles. The van der Waals surface area contributed by atoms with Crippen molar-refractivity contribution in [3.05, 3.63) is 52.8 Å². The number of aryl methyl sites for hydroxylation is 3. The molecule has 0 aliphatic heterocycles. The molecule has 0 radical (unpaired) electrons. The Kier molecular flexibility index (Phi) is 6.36. The summed E-state index contributed by atoms with van der Waals surface area (Å²) in [6, 6.07) is 7.77. The summed E-state index contributed by atoms with van der Waals surface area (Å²) in [7, 11) is -4.03. The molecule has 0 heterocycles. The number of nitrogens with one attached hydrogen (secondary N) is 1. The van der Waals surface area contributed by atoms with E-state index in [1.807, 2.05) is 6.07 Å². The first kappa shape index (κ1) is 19.6. The summed E-state index contributed by atoms with van der Waals surface area (Å²) >= 11 is 0. The normalized spacial score (nSPS) is 13.5. The zero-order valence-electron chi connectivity index (χ0n) is 14.5. The van der Waals surface area contributed by atoms with Gasteiger partial charge in [-0.15, -0.1) is 5.25 Å². The summed E-state index contributed by atoms with van der Waals surface area (Å²) in [4.78, 5) is 9.66. The van der Waals surface area contributed by atoms with Crippen LogP contribution >= 0.6 is 7.52 Å². The van der Waals surface area contributed by atoms with E-state index in [0.29, 0.717) is 16.9 Å². The standard InChI is InChI=1S/C18H23FNO4P/c1-4-5-6-14-7-8-17(16(19)11-14)24-18-12(2)9-15(10-13(18)3)25(22,23)20-21/h7-11,21H,4-6H2,1-3H3,(H2,20,22,23). The molecule has 0 fully saturated rings. The molecule has 1 unspecified atom stereocenters. The number of halogens is 1. The quantitative estimate of drug-likeness (QED) is 0.500. The molecule has 2 rings (SSSR count). The van der Waals surface area contributed by atoms with Crippen molar-refractivity contribution in [3.63, 3.8) is 0 Å². The molecule has 2 aromatic rings. The lowest BCUT2D eigenvalue weighted by atomic mass is 10.1. The van der Waals surface area contributed by atoms with Crippen LogP contribution < -0.4 is 15.3 Å².